The van der Waals surface area contributed by atoms with Gasteiger partial charge >= 0.3 is 0 Å². The van der Waals surface area contributed by atoms with E-state index in [-0.39, 0.29) is 22.9 Å². The first kappa shape index (κ1) is 17.8. The van der Waals surface area contributed by atoms with Gasteiger partial charge in [0, 0.05) is 24.4 Å². The number of hydrogen-bond donors (Lipinski definition) is 1. The van der Waals surface area contributed by atoms with Crippen LogP contribution in [0.15, 0.2) is 47.4 Å². The summed E-state index contributed by atoms with van der Waals surface area (Å²) in [5.41, 5.74) is 1.09. The highest BCUT2D eigenvalue weighted by Crippen LogP contribution is 2.22. The lowest BCUT2D eigenvalue weighted by molar-refractivity contribution is 0.0950. The van der Waals surface area contributed by atoms with Crippen LogP contribution in [0.3, 0.4) is 0 Å². The van der Waals surface area contributed by atoms with Gasteiger partial charge in [-0.1, -0.05) is 6.07 Å². The fourth-order valence-corrected chi connectivity index (χ4v) is 2.79. The van der Waals surface area contributed by atoms with Gasteiger partial charge in [0.05, 0.1) is 19.1 Å². The molecule has 0 unspecified atom stereocenters. The normalized spacial score (nSPS) is 11.0. The lowest BCUT2D eigenvalue weighted by Gasteiger charge is -2.10. The van der Waals surface area contributed by atoms with Crippen LogP contribution in [0.4, 0.5) is 0 Å². The average molecular weight is 349 g/mol. The Morgan fingerprint density at radius 2 is 1.67 bits per heavy atom. The van der Waals surface area contributed by atoms with Gasteiger partial charge in [-0.3, -0.25) is 4.79 Å². The van der Waals surface area contributed by atoms with Crippen molar-refractivity contribution in [3.05, 3.63) is 53.6 Å². The Balaban J connectivity index is 2.14. The van der Waals surface area contributed by atoms with E-state index >= 15 is 0 Å². The number of carbonyl (C=O) groups excluding carboxylic acids is 1. The maximum absolute atomic E-state index is 12.2. The topological polar surface area (TPSA) is 81.7 Å². The van der Waals surface area contributed by atoms with E-state index in [9.17, 15) is 13.2 Å². The molecule has 1 N–H and O–H groups in total. The summed E-state index contributed by atoms with van der Waals surface area (Å²) in [5.74, 6) is 0.887. The Morgan fingerprint density at radius 1 is 1.04 bits per heavy atom. The van der Waals surface area contributed by atoms with Gasteiger partial charge in [0.2, 0.25) is 0 Å². The molecular formula is C17H19NO5S. The van der Waals surface area contributed by atoms with E-state index in [2.05, 4.69) is 5.32 Å². The molecule has 0 spiro atoms. The van der Waals surface area contributed by atoms with Crippen LogP contribution in [0.25, 0.3) is 0 Å². The Labute approximate surface area is 141 Å². The van der Waals surface area contributed by atoms with Crippen molar-refractivity contribution in [1.29, 1.82) is 0 Å². The molecule has 0 aliphatic rings. The van der Waals surface area contributed by atoms with E-state index in [1.165, 1.54) is 12.1 Å². The standard InChI is InChI=1S/C17H19NO5S/c1-22-14-7-12(8-15(10-14)23-2)11-18-17(19)13-5-4-6-16(9-13)24(3,20)21/h4-10H,11H2,1-3H3,(H,18,19). The van der Waals surface area contributed by atoms with Gasteiger partial charge in [-0.05, 0) is 35.9 Å². The molecule has 0 fully saturated rings. The molecule has 0 aromatic heterocycles. The molecule has 0 saturated carbocycles. The summed E-state index contributed by atoms with van der Waals surface area (Å²) in [5, 5.41) is 2.75. The molecule has 6 nitrogen and oxygen atoms in total. The van der Waals surface area contributed by atoms with Crippen LogP contribution >= 0.6 is 0 Å². The van der Waals surface area contributed by atoms with Crippen molar-refractivity contribution >= 4 is 15.7 Å². The molecule has 0 heterocycles. The molecule has 0 aliphatic carbocycles. The summed E-state index contributed by atoms with van der Waals surface area (Å²) < 4.78 is 33.5. The van der Waals surface area contributed by atoms with Crippen molar-refractivity contribution in [2.45, 2.75) is 11.4 Å². The number of methoxy groups -OCH3 is 2. The summed E-state index contributed by atoms with van der Waals surface area (Å²) in [4.78, 5) is 12.3. The Bertz CT molecular complexity index is 824. The number of sulfone groups is 1. The SMILES string of the molecule is COc1cc(CNC(=O)c2cccc(S(C)(=O)=O)c2)cc(OC)c1. The molecule has 24 heavy (non-hydrogen) atoms. The zero-order chi connectivity index (χ0) is 17.7. The lowest BCUT2D eigenvalue weighted by Crippen LogP contribution is -2.23. The van der Waals surface area contributed by atoms with Crippen LogP contribution in [0.1, 0.15) is 15.9 Å². The lowest BCUT2D eigenvalue weighted by atomic mass is 10.1. The monoisotopic (exact) mass is 349 g/mol. The molecule has 1 amide bonds. The molecule has 2 aromatic rings. The van der Waals surface area contributed by atoms with E-state index in [4.69, 9.17) is 9.47 Å². The summed E-state index contributed by atoms with van der Waals surface area (Å²) in [6, 6.07) is 11.2. The number of rotatable bonds is 6. The molecule has 7 heteroatoms. The van der Waals surface area contributed by atoms with Crippen LogP contribution in [-0.2, 0) is 16.4 Å². The molecule has 0 atom stereocenters. The largest absolute Gasteiger partial charge is 0.497 e. The van der Waals surface area contributed by atoms with Crippen LogP contribution < -0.4 is 14.8 Å². The zero-order valence-electron chi connectivity index (χ0n) is 13.7. The predicted molar refractivity (Wildman–Crippen MR) is 90.3 cm³/mol. The maximum atomic E-state index is 12.2. The number of carbonyl (C=O) groups is 1. The van der Waals surface area contributed by atoms with Gasteiger partial charge in [-0.2, -0.15) is 0 Å². The Hall–Kier alpha value is -2.54. The highest BCUT2D eigenvalue weighted by atomic mass is 32.2. The van der Waals surface area contributed by atoms with Crippen LogP contribution in [0.2, 0.25) is 0 Å². The molecule has 2 rings (SSSR count). The number of nitrogens with one attached hydrogen (secondary N) is 1. The molecule has 2 aromatic carbocycles. The van der Waals surface area contributed by atoms with Gasteiger partial charge < -0.3 is 14.8 Å². The van der Waals surface area contributed by atoms with Crippen molar-refractivity contribution in [2.75, 3.05) is 20.5 Å². The second kappa shape index (κ2) is 7.35. The first-order valence-corrected chi connectivity index (χ1v) is 9.03. The molecule has 0 aliphatic heterocycles. The van der Waals surface area contributed by atoms with Gasteiger partial charge in [0.25, 0.3) is 5.91 Å². The third-order valence-electron chi connectivity index (χ3n) is 3.39. The summed E-state index contributed by atoms with van der Waals surface area (Å²) in [7, 11) is -0.258. The molecule has 128 valence electrons. The molecular weight excluding hydrogens is 330 g/mol. The number of benzene rings is 2. The Kier molecular flexibility index (Phi) is 5.46. The van der Waals surface area contributed by atoms with E-state index in [1.807, 2.05) is 0 Å². The summed E-state index contributed by atoms with van der Waals surface area (Å²) in [6.07, 6.45) is 1.10. The highest BCUT2D eigenvalue weighted by Gasteiger charge is 2.12. The molecule has 0 radical (unpaired) electrons. The number of amides is 1. The van der Waals surface area contributed by atoms with Crippen molar-refractivity contribution in [3.8, 4) is 11.5 Å². The smallest absolute Gasteiger partial charge is 0.251 e. The number of hydrogen-bond acceptors (Lipinski definition) is 5. The van der Waals surface area contributed by atoms with E-state index < -0.39 is 9.84 Å². The third kappa shape index (κ3) is 4.48. The van der Waals surface area contributed by atoms with Crippen molar-refractivity contribution < 1.29 is 22.7 Å². The van der Waals surface area contributed by atoms with Crippen LogP contribution in [-0.4, -0.2) is 34.8 Å². The van der Waals surface area contributed by atoms with Crippen LogP contribution in [0, 0.1) is 0 Å². The number of ether oxygens (including phenoxy) is 2. The van der Waals surface area contributed by atoms with Crippen molar-refractivity contribution in [1.82, 2.24) is 5.32 Å². The average Bonchev–Trinajstić information content (AvgIpc) is 2.58. The summed E-state index contributed by atoms with van der Waals surface area (Å²) in [6.45, 7) is 0.259. The second-order valence-corrected chi connectivity index (χ2v) is 7.22. The fraction of sp³-hybridized carbons (Fsp3) is 0.235. The van der Waals surface area contributed by atoms with E-state index in [0.29, 0.717) is 11.5 Å². The van der Waals surface area contributed by atoms with Gasteiger partial charge in [-0.25, -0.2) is 8.42 Å². The van der Waals surface area contributed by atoms with Gasteiger partial charge in [0.15, 0.2) is 9.84 Å². The van der Waals surface area contributed by atoms with Crippen LogP contribution in [0.5, 0.6) is 11.5 Å². The fourth-order valence-electron chi connectivity index (χ4n) is 2.12. The highest BCUT2D eigenvalue weighted by molar-refractivity contribution is 7.90. The first-order valence-electron chi connectivity index (χ1n) is 7.14. The summed E-state index contributed by atoms with van der Waals surface area (Å²) >= 11 is 0. The quantitative estimate of drug-likeness (QED) is 0.863. The zero-order valence-corrected chi connectivity index (χ0v) is 14.5. The molecule has 0 saturated heterocycles. The van der Waals surface area contributed by atoms with Gasteiger partial charge in [0.1, 0.15) is 11.5 Å². The molecule has 0 bridgehead atoms. The van der Waals surface area contributed by atoms with Crippen molar-refractivity contribution in [2.24, 2.45) is 0 Å². The van der Waals surface area contributed by atoms with Crippen molar-refractivity contribution in [3.63, 3.8) is 0 Å². The third-order valence-corrected chi connectivity index (χ3v) is 4.50. The minimum absolute atomic E-state index is 0.109. The first-order chi connectivity index (χ1) is 11.3. The second-order valence-electron chi connectivity index (χ2n) is 5.20. The van der Waals surface area contributed by atoms with Gasteiger partial charge in [-0.15, -0.1) is 0 Å². The Morgan fingerprint density at radius 3 is 2.21 bits per heavy atom. The maximum Gasteiger partial charge on any atom is 0.251 e. The predicted octanol–water partition coefficient (Wildman–Crippen LogP) is 2.04. The van der Waals surface area contributed by atoms with E-state index in [1.54, 1.807) is 44.6 Å². The minimum Gasteiger partial charge on any atom is -0.497 e. The minimum atomic E-state index is -3.36. The van der Waals surface area contributed by atoms with E-state index in [0.717, 1.165) is 11.8 Å².